The highest BCUT2D eigenvalue weighted by Gasteiger charge is 2.00. The monoisotopic (exact) mass is 149 g/mol. The third kappa shape index (κ3) is 1.40. The molecule has 0 radical (unpaired) electrons. The van der Waals surface area contributed by atoms with Crippen molar-refractivity contribution in [1.29, 1.82) is 0 Å². The Labute approximate surface area is 66.0 Å². The lowest BCUT2D eigenvalue weighted by molar-refractivity contribution is 0.112. The number of hydrogen-bond acceptors (Lipinski definition) is 2. The number of aryl methyl sites for hydroxylation is 1. The zero-order valence-corrected chi connectivity index (χ0v) is 6.72. The Balaban J connectivity index is 3.35. The average Bonchev–Trinajstić information content (AvgIpc) is 1.96. The molecular weight excluding hydrogens is 138 g/mol. The molecule has 2 heteroatoms. The summed E-state index contributed by atoms with van der Waals surface area (Å²) < 4.78 is 0. The molecule has 0 aliphatic heterocycles. The van der Waals surface area contributed by atoms with Crippen LogP contribution in [0.2, 0.25) is 0 Å². The van der Waals surface area contributed by atoms with E-state index in [1.807, 2.05) is 26.0 Å². The standard InChI is InChI=1S/C9H11NO/c1-6-3-8(5-11)7(2)9(10)4-6/h3-5H,10H2,1-2H3. The quantitative estimate of drug-likeness (QED) is 0.487. The van der Waals surface area contributed by atoms with Crippen LogP contribution in [0.5, 0.6) is 0 Å². The lowest BCUT2D eigenvalue weighted by Crippen LogP contribution is -1.95. The molecule has 0 fully saturated rings. The van der Waals surface area contributed by atoms with Crippen molar-refractivity contribution in [2.45, 2.75) is 13.8 Å². The summed E-state index contributed by atoms with van der Waals surface area (Å²) in [6.07, 6.45) is 0.832. The summed E-state index contributed by atoms with van der Waals surface area (Å²) in [7, 11) is 0. The number of anilines is 1. The SMILES string of the molecule is Cc1cc(N)c(C)c(C=O)c1. The number of benzene rings is 1. The van der Waals surface area contributed by atoms with Gasteiger partial charge in [0.05, 0.1) is 0 Å². The number of rotatable bonds is 1. The van der Waals surface area contributed by atoms with Crippen molar-refractivity contribution in [3.8, 4) is 0 Å². The van der Waals surface area contributed by atoms with Crippen molar-refractivity contribution in [2.75, 3.05) is 5.73 Å². The second-order valence-corrected chi connectivity index (χ2v) is 2.69. The highest BCUT2D eigenvalue weighted by molar-refractivity contribution is 5.80. The van der Waals surface area contributed by atoms with Crippen molar-refractivity contribution < 1.29 is 4.79 Å². The smallest absolute Gasteiger partial charge is 0.150 e. The number of aldehydes is 1. The van der Waals surface area contributed by atoms with Gasteiger partial charge < -0.3 is 5.73 Å². The van der Waals surface area contributed by atoms with Gasteiger partial charge in [0, 0.05) is 11.3 Å². The maximum Gasteiger partial charge on any atom is 0.150 e. The summed E-state index contributed by atoms with van der Waals surface area (Å²) in [5.74, 6) is 0. The Hall–Kier alpha value is -1.31. The summed E-state index contributed by atoms with van der Waals surface area (Å²) >= 11 is 0. The van der Waals surface area contributed by atoms with Crippen molar-refractivity contribution in [1.82, 2.24) is 0 Å². The van der Waals surface area contributed by atoms with E-state index in [1.165, 1.54) is 0 Å². The molecule has 0 heterocycles. The molecule has 1 aromatic rings. The number of carbonyl (C=O) groups excluding carboxylic acids is 1. The van der Waals surface area contributed by atoms with Gasteiger partial charge in [-0.05, 0) is 37.1 Å². The van der Waals surface area contributed by atoms with Crippen LogP contribution < -0.4 is 5.73 Å². The fourth-order valence-electron chi connectivity index (χ4n) is 1.04. The maximum absolute atomic E-state index is 10.5. The van der Waals surface area contributed by atoms with Crippen LogP contribution in [0.25, 0.3) is 0 Å². The fraction of sp³-hybridized carbons (Fsp3) is 0.222. The summed E-state index contributed by atoms with van der Waals surface area (Å²) in [6.45, 7) is 3.77. The van der Waals surface area contributed by atoms with Crippen LogP contribution >= 0.6 is 0 Å². The van der Waals surface area contributed by atoms with Crippen molar-refractivity contribution in [3.63, 3.8) is 0 Å². The number of carbonyl (C=O) groups is 1. The first-order chi connectivity index (χ1) is 5.15. The highest BCUT2D eigenvalue weighted by Crippen LogP contribution is 2.16. The molecule has 0 aromatic heterocycles. The first-order valence-corrected chi connectivity index (χ1v) is 3.47. The van der Waals surface area contributed by atoms with Gasteiger partial charge in [0.15, 0.2) is 0 Å². The van der Waals surface area contributed by atoms with Crippen molar-refractivity contribution >= 4 is 12.0 Å². The van der Waals surface area contributed by atoms with E-state index in [2.05, 4.69) is 0 Å². The molecule has 0 amide bonds. The van der Waals surface area contributed by atoms with Crippen LogP contribution in [0.15, 0.2) is 12.1 Å². The van der Waals surface area contributed by atoms with E-state index in [-0.39, 0.29) is 0 Å². The summed E-state index contributed by atoms with van der Waals surface area (Å²) in [5, 5.41) is 0. The predicted molar refractivity (Wildman–Crippen MR) is 45.7 cm³/mol. The second-order valence-electron chi connectivity index (χ2n) is 2.69. The van der Waals surface area contributed by atoms with Crippen LogP contribution in [-0.4, -0.2) is 6.29 Å². The van der Waals surface area contributed by atoms with E-state index in [9.17, 15) is 4.79 Å². The number of nitrogens with two attached hydrogens (primary N) is 1. The van der Waals surface area contributed by atoms with Crippen LogP contribution in [0.1, 0.15) is 21.5 Å². The molecule has 2 nitrogen and oxygen atoms in total. The van der Waals surface area contributed by atoms with Crippen LogP contribution in [0.4, 0.5) is 5.69 Å². The number of nitrogen functional groups attached to an aromatic ring is 1. The van der Waals surface area contributed by atoms with E-state index >= 15 is 0 Å². The van der Waals surface area contributed by atoms with Gasteiger partial charge in [-0.3, -0.25) is 4.79 Å². The normalized spacial score (nSPS) is 9.64. The summed E-state index contributed by atoms with van der Waals surface area (Å²) in [5.41, 5.74) is 8.90. The van der Waals surface area contributed by atoms with Crippen LogP contribution in [0, 0.1) is 13.8 Å². The molecular formula is C9H11NO. The van der Waals surface area contributed by atoms with Gasteiger partial charge >= 0.3 is 0 Å². The molecule has 0 atom stereocenters. The van der Waals surface area contributed by atoms with Gasteiger partial charge in [-0.2, -0.15) is 0 Å². The Morgan fingerprint density at radius 1 is 1.36 bits per heavy atom. The highest BCUT2D eigenvalue weighted by atomic mass is 16.1. The lowest BCUT2D eigenvalue weighted by Gasteiger charge is -2.03. The molecule has 1 aromatic carbocycles. The molecule has 0 unspecified atom stereocenters. The van der Waals surface area contributed by atoms with E-state index in [0.29, 0.717) is 11.3 Å². The predicted octanol–water partition coefficient (Wildman–Crippen LogP) is 1.70. The van der Waals surface area contributed by atoms with E-state index in [0.717, 1.165) is 17.4 Å². The Bertz CT molecular complexity index is 292. The third-order valence-electron chi connectivity index (χ3n) is 1.76. The van der Waals surface area contributed by atoms with Crippen molar-refractivity contribution in [2.24, 2.45) is 0 Å². The molecule has 0 saturated carbocycles. The molecule has 1 rings (SSSR count). The maximum atomic E-state index is 10.5. The van der Waals surface area contributed by atoms with Crippen molar-refractivity contribution in [3.05, 3.63) is 28.8 Å². The molecule has 0 aliphatic carbocycles. The molecule has 2 N–H and O–H groups in total. The summed E-state index contributed by atoms with van der Waals surface area (Å²) in [4.78, 5) is 10.5. The first kappa shape index (κ1) is 7.79. The van der Waals surface area contributed by atoms with Gasteiger partial charge in [-0.1, -0.05) is 0 Å². The molecule has 0 aliphatic rings. The minimum absolute atomic E-state index is 0.683. The van der Waals surface area contributed by atoms with Gasteiger partial charge in [-0.25, -0.2) is 0 Å². The lowest BCUT2D eigenvalue weighted by atomic mass is 10.0. The molecule has 11 heavy (non-hydrogen) atoms. The topological polar surface area (TPSA) is 43.1 Å². The minimum Gasteiger partial charge on any atom is -0.398 e. The summed E-state index contributed by atoms with van der Waals surface area (Å²) in [6, 6.07) is 3.70. The third-order valence-corrected chi connectivity index (χ3v) is 1.76. The minimum atomic E-state index is 0.683. The zero-order valence-electron chi connectivity index (χ0n) is 6.72. The van der Waals surface area contributed by atoms with Gasteiger partial charge in [-0.15, -0.1) is 0 Å². The van der Waals surface area contributed by atoms with Crippen LogP contribution in [0.3, 0.4) is 0 Å². The van der Waals surface area contributed by atoms with Gasteiger partial charge in [0.25, 0.3) is 0 Å². The molecule has 0 saturated heterocycles. The largest absolute Gasteiger partial charge is 0.398 e. The van der Waals surface area contributed by atoms with E-state index in [1.54, 1.807) is 0 Å². The Kier molecular flexibility index (Phi) is 1.94. The fourth-order valence-corrected chi connectivity index (χ4v) is 1.04. The van der Waals surface area contributed by atoms with Gasteiger partial charge in [0.1, 0.15) is 6.29 Å². The molecule has 58 valence electrons. The zero-order chi connectivity index (χ0) is 8.43. The average molecular weight is 149 g/mol. The van der Waals surface area contributed by atoms with Gasteiger partial charge in [0.2, 0.25) is 0 Å². The Morgan fingerprint density at radius 3 is 2.55 bits per heavy atom. The van der Waals surface area contributed by atoms with E-state index < -0.39 is 0 Å². The van der Waals surface area contributed by atoms with E-state index in [4.69, 9.17) is 5.73 Å². The molecule has 0 spiro atoms. The molecule has 0 bridgehead atoms. The first-order valence-electron chi connectivity index (χ1n) is 3.47. The van der Waals surface area contributed by atoms with Crippen LogP contribution in [-0.2, 0) is 0 Å². The second kappa shape index (κ2) is 2.74. The number of hydrogen-bond donors (Lipinski definition) is 1. The Morgan fingerprint density at radius 2 is 2.00 bits per heavy atom.